The second-order valence-electron chi connectivity index (χ2n) is 5.26. The number of hydrogen-bond acceptors (Lipinski definition) is 6. The van der Waals surface area contributed by atoms with Crippen molar-refractivity contribution < 1.29 is 29.2 Å². The first kappa shape index (κ1) is 15.6. The Kier molecular flexibility index (Phi) is 4.95. The third-order valence-electron chi connectivity index (χ3n) is 3.20. The molecule has 2 rings (SSSR count). The molecule has 0 aromatic rings. The molecule has 2 aliphatic heterocycles. The number of fused-ring (bicyclic) bond motifs is 1. The van der Waals surface area contributed by atoms with Gasteiger partial charge >= 0.3 is 0 Å². The summed E-state index contributed by atoms with van der Waals surface area (Å²) in [6.45, 7) is 7.58. The van der Waals surface area contributed by atoms with Gasteiger partial charge in [0.2, 0.25) is 0 Å². The summed E-state index contributed by atoms with van der Waals surface area (Å²) in [4.78, 5) is 0. The second-order valence-corrected chi connectivity index (χ2v) is 5.26. The Hall–Kier alpha value is -0.760. The Morgan fingerprint density at radius 1 is 1.40 bits per heavy atom. The quantitative estimate of drug-likeness (QED) is 0.542. The van der Waals surface area contributed by atoms with Gasteiger partial charge in [0.25, 0.3) is 0 Å². The normalized spacial score (nSPS) is 35.2. The lowest BCUT2D eigenvalue weighted by atomic mass is 10.0. The summed E-state index contributed by atoms with van der Waals surface area (Å²) in [7, 11) is 0. The van der Waals surface area contributed by atoms with E-state index in [2.05, 4.69) is 6.58 Å². The molecule has 0 amide bonds. The lowest BCUT2D eigenvalue weighted by molar-refractivity contribution is -0.209. The molecule has 0 aromatic carbocycles. The molecular weight excluding hydrogens is 264 g/mol. The van der Waals surface area contributed by atoms with E-state index in [1.165, 1.54) is 0 Å². The maximum atomic E-state index is 9.83. The molecule has 114 valence electrons. The van der Waals surface area contributed by atoms with Gasteiger partial charge in [0.05, 0.1) is 19.8 Å². The number of aliphatic hydroxyl groups is 2. The maximum Gasteiger partial charge on any atom is 0.191 e. The molecule has 0 saturated carbocycles. The largest absolute Gasteiger partial charge is 0.394 e. The van der Waals surface area contributed by atoms with Gasteiger partial charge in [-0.1, -0.05) is 12.2 Å². The Balaban J connectivity index is 2.10. The zero-order valence-electron chi connectivity index (χ0n) is 11.8. The van der Waals surface area contributed by atoms with Crippen LogP contribution in [0.25, 0.3) is 0 Å². The van der Waals surface area contributed by atoms with Crippen LogP contribution in [0, 0.1) is 0 Å². The number of rotatable bonds is 6. The number of aliphatic hydroxyl groups excluding tert-OH is 2. The third-order valence-corrected chi connectivity index (χ3v) is 3.20. The van der Waals surface area contributed by atoms with E-state index in [0.29, 0.717) is 13.2 Å². The molecule has 0 spiro atoms. The zero-order valence-corrected chi connectivity index (χ0v) is 11.8. The summed E-state index contributed by atoms with van der Waals surface area (Å²) in [6.07, 6.45) is 0.859. The Morgan fingerprint density at radius 2 is 2.15 bits per heavy atom. The van der Waals surface area contributed by atoms with Gasteiger partial charge in [0.1, 0.15) is 18.3 Å². The molecule has 2 N–H and O–H groups in total. The highest BCUT2D eigenvalue weighted by Crippen LogP contribution is 2.41. The van der Waals surface area contributed by atoms with E-state index < -0.39 is 30.9 Å². The van der Waals surface area contributed by atoms with Crippen LogP contribution >= 0.6 is 0 Å². The Bertz CT molecular complexity index is 378. The van der Waals surface area contributed by atoms with Crippen LogP contribution in [0.2, 0.25) is 0 Å². The van der Waals surface area contributed by atoms with Crippen molar-refractivity contribution in [3.8, 4) is 0 Å². The summed E-state index contributed by atoms with van der Waals surface area (Å²) < 4.78 is 22.4. The highest BCUT2D eigenvalue weighted by molar-refractivity contribution is 5.23. The van der Waals surface area contributed by atoms with Gasteiger partial charge < -0.3 is 29.2 Å². The van der Waals surface area contributed by atoms with Gasteiger partial charge in [-0.05, 0) is 19.4 Å². The van der Waals surface area contributed by atoms with Gasteiger partial charge in [-0.25, -0.2) is 0 Å². The minimum Gasteiger partial charge on any atom is -0.394 e. The second kappa shape index (κ2) is 6.34. The number of hydrogen-bond donors (Lipinski definition) is 2. The van der Waals surface area contributed by atoms with Crippen LogP contribution in [0.15, 0.2) is 24.3 Å². The molecule has 6 heteroatoms. The molecule has 2 fully saturated rings. The van der Waals surface area contributed by atoms with Crippen molar-refractivity contribution in [3.05, 3.63) is 24.3 Å². The van der Waals surface area contributed by atoms with Gasteiger partial charge in [0, 0.05) is 0 Å². The molecule has 0 radical (unpaired) electrons. The monoisotopic (exact) mass is 286 g/mol. The SMILES string of the molecule is C=CCOC/C=C1\[C@H]2OC(C)(C)O[C@H]2O[C@@H]1[C@H](O)CO. The maximum absolute atomic E-state index is 9.83. The molecule has 4 atom stereocenters. The predicted molar refractivity (Wildman–Crippen MR) is 70.9 cm³/mol. The van der Waals surface area contributed by atoms with E-state index in [1.807, 2.05) is 6.08 Å². The lowest BCUT2D eigenvalue weighted by Gasteiger charge is -2.23. The topological polar surface area (TPSA) is 77.4 Å². The van der Waals surface area contributed by atoms with E-state index in [4.69, 9.17) is 24.1 Å². The van der Waals surface area contributed by atoms with Crippen LogP contribution in [0.4, 0.5) is 0 Å². The van der Waals surface area contributed by atoms with E-state index in [1.54, 1.807) is 19.9 Å². The van der Waals surface area contributed by atoms with Crippen molar-refractivity contribution in [2.24, 2.45) is 0 Å². The molecule has 0 aromatic heterocycles. The molecule has 6 nitrogen and oxygen atoms in total. The smallest absolute Gasteiger partial charge is 0.191 e. The zero-order chi connectivity index (χ0) is 14.8. The van der Waals surface area contributed by atoms with Crippen LogP contribution in [-0.4, -0.2) is 60.4 Å². The van der Waals surface area contributed by atoms with Crippen LogP contribution in [-0.2, 0) is 18.9 Å². The van der Waals surface area contributed by atoms with Gasteiger partial charge in [-0.2, -0.15) is 0 Å². The van der Waals surface area contributed by atoms with Crippen molar-refractivity contribution in [2.45, 2.75) is 44.2 Å². The fourth-order valence-electron chi connectivity index (χ4n) is 2.39. The Morgan fingerprint density at radius 3 is 2.80 bits per heavy atom. The van der Waals surface area contributed by atoms with Crippen molar-refractivity contribution in [1.82, 2.24) is 0 Å². The molecule has 0 unspecified atom stereocenters. The van der Waals surface area contributed by atoms with E-state index in [0.717, 1.165) is 5.57 Å². The van der Waals surface area contributed by atoms with Crippen LogP contribution in [0.5, 0.6) is 0 Å². The summed E-state index contributed by atoms with van der Waals surface area (Å²) in [6, 6.07) is 0. The summed E-state index contributed by atoms with van der Waals surface area (Å²) in [5.41, 5.74) is 0.742. The van der Waals surface area contributed by atoms with Crippen molar-refractivity contribution in [2.75, 3.05) is 19.8 Å². The van der Waals surface area contributed by atoms with Crippen molar-refractivity contribution in [1.29, 1.82) is 0 Å². The Labute approximate surface area is 118 Å². The van der Waals surface area contributed by atoms with Gasteiger partial charge in [0.15, 0.2) is 12.1 Å². The first-order chi connectivity index (χ1) is 9.48. The predicted octanol–water partition coefficient (Wildman–Crippen LogP) is 0.345. The van der Waals surface area contributed by atoms with E-state index >= 15 is 0 Å². The standard InChI is InChI=1S/C14H22O6/c1-4-6-17-7-5-9-11(10(16)8-15)18-13-12(9)19-14(2,3)20-13/h4-5,10-13,15-16H,1,6-8H2,2-3H3/b9-5-/t10-,11+,12-,13-/m1/s1. The molecule has 2 saturated heterocycles. The molecule has 2 heterocycles. The molecular formula is C14H22O6. The van der Waals surface area contributed by atoms with E-state index in [9.17, 15) is 5.11 Å². The van der Waals surface area contributed by atoms with Crippen molar-refractivity contribution >= 4 is 0 Å². The summed E-state index contributed by atoms with van der Waals surface area (Å²) in [5.74, 6) is -0.731. The fourth-order valence-corrected chi connectivity index (χ4v) is 2.39. The minimum absolute atomic E-state index is 0.354. The average Bonchev–Trinajstić information content (AvgIpc) is 2.86. The fraction of sp³-hybridized carbons (Fsp3) is 0.714. The highest BCUT2D eigenvalue weighted by atomic mass is 16.8. The van der Waals surface area contributed by atoms with Crippen LogP contribution < -0.4 is 0 Å². The van der Waals surface area contributed by atoms with Gasteiger partial charge in [-0.15, -0.1) is 6.58 Å². The number of ether oxygens (including phenoxy) is 4. The van der Waals surface area contributed by atoms with Crippen LogP contribution in [0.1, 0.15) is 13.8 Å². The molecule has 2 aliphatic rings. The molecule has 0 aliphatic carbocycles. The minimum atomic E-state index is -1.01. The highest BCUT2D eigenvalue weighted by Gasteiger charge is 2.52. The van der Waals surface area contributed by atoms with Gasteiger partial charge in [-0.3, -0.25) is 0 Å². The summed E-state index contributed by atoms with van der Waals surface area (Å²) in [5, 5.41) is 18.9. The molecule has 20 heavy (non-hydrogen) atoms. The lowest BCUT2D eigenvalue weighted by Crippen LogP contribution is -2.34. The van der Waals surface area contributed by atoms with Crippen LogP contribution in [0.3, 0.4) is 0 Å². The first-order valence-electron chi connectivity index (χ1n) is 6.67. The third kappa shape index (κ3) is 3.28. The van der Waals surface area contributed by atoms with Crippen molar-refractivity contribution in [3.63, 3.8) is 0 Å². The summed E-state index contributed by atoms with van der Waals surface area (Å²) >= 11 is 0. The molecule has 0 bridgehead atoms. The van der Waals surface area contributed by atoms with E-state index in [-0.39, 0.29) is 6.10 Å². The average molecular weight is 286 g/mol. The first-order valence-corrected chi connectivity index (χ1v) is 6.67.